The molecule has 0 N–H and O–H groups in total. The summed E-state index contributed by atoms with van der Waals surface area (Å²) in [5.41, 5.74) is 1.87. The van der Waals surface area contributed by atoms with Gasteiger partial charge in [-0.25, -0.2) is 4.39 Å². The van der Waals surface area contributed by atoms with Crippen molar-refractivity contribution >= 4 is 11.8 Å². The van der Waals surface area contributed by atoms with Crippen LogP contribution in [0.5, 0.6) is 0 Å². The van der Waals surface area contributed by atoms with E-state index in [2.05, 4.69) is 10.2 Å². The van der Waals surface area contributed by atoms with Crippen LogP contribution in [0.2, 0.25) is 0 Å². The minimum absolute atomic E-state index is 0.322. The van der Waals surface area contributed by atoms with E-state index in [0.29, 0.717) is 22.0 Å². The van der Waals surface area contributed by atoms with Gasteiger partial charge < -0.3 is 0 Å². The van der Waals surface area contributed by atoms with Gasteiger partial charge in [0.1, 0.15) is 12.1 Å². The van der Waals surface area contributed by atoms with Gasteiger partial charge in [-0.2, -0.15) is 5.26 Å². The Hall–Kier alpha value is -2.65. The van der Waals surface area contributed by atoms with Gasteiger partial charge in [0.05, 0.1) is 11.6 Å². The van der Waals surface area contributed by atoms with E-state index < -0.39 is 0 Å². The van der Waals surface area contributed by atoms with Crippen LogP contribution < -0.4 is 0 Å². The maximum absolute atomic E-state index is 13.8. The van der Waals surface area contributed by atoms with Crippen molar-refractivity contribution < 1.29 is 4.39 Å². The molecule has 0 atom stereocenters. The average Bonchev–Trinajstić information content (AvgIpc) is 3.03. The largest absolute Gasteiger partial charge is 0.277 e. The minimum Gasteiger partial charge on any atom is -0.277 e. The van der Waals surface area contributed by atoms with Crippen molar-refractivity contribution in [2.45, 2.75) is 10.9 Å². The van der Waals surface area contributed by atoms with E-state index in [-0.39, 0.29) is 5.82 Å². The molecule has 0 fully saturated rings. The number of nitriles is 1. The summed E-state index contributed by atoms with van der Waals surface area (Å²) in [4.78, 5) is 0. The van der Waals surface area contributed by atoms with Crippen molar-refractivity contribution in [2.24, 2.45) is 0 Å². The second-order valence-electron chi connectivity index (χ2n) is 4.53. The van der Waals surface area contributed by atoms with Gasteiger partial charge in [-0.05, 0) is 35.9 Å². The number of thioether (sulfide) groups is 1. The van der Waals surface area contributed by atoms with E-state index in [4.69, 9.17) is 5.26 Å². The zero-order valence-corrected chi connectivity index (χ0v) is 12.3. The molecule has 0 amide bonds. The summed E-state index contributed by atoms with van der Waals surface area (Å²) < 4.78 is 15.6. The molecule has 1 heterocycles. The Morgan fingerprint density at radius 2 is 2.00 bits per heavy atom. The fraction of sp³-hybridized carbons (Fsp3) is 0.0625. The van der Waals surface area contributed by atoms with Crippen LogP contribution in [0.4, 0.5) is 4.39 Å². The van der Waals surface area contributed by atoms with Crippen molar-refractivity contribution in [3.8, 4) is 11.8 Å². The van der Waals surface area contributed by atoms with Gasteiger partial charge in [0.15, 0.2) is 5.16 Å². The van der Waals surface area contributed by atoms with Crippen LogP contribution in [0.3, 0.4) is 0 Å². The van der Waals surface area contributed by atoms with E-state index in [1.165, 1.54) is 23.9 Å². The number of nitrogens with zero attached hydrogens (tertiary/aromatic N) is 4. The zero-order valence-electron chi connectivity index (χ0n) is 11.5. The molecule has 22 heavy (non-hydrogen) atoms. The minimum atomic E-state index is -0.322. The Labute approximate surface area is 131 Å². The Morgan fingerprint density at radius 3 is 2.77 bits per heavy atom. The van der Waals surface area contributed by atoms with Gasteiger partial charge in [-0.1, -0.05) is 30.0 Å². The number of para-hydroxylation sites is 1. The smallest absolute Gasteiger partial charge is 0.195 e. The van der Waals surface area contributed by atoms with E-state index in [1.54, 1.807) is 12.4 Å². The fourth-order valence-electron chi connectivity index (χ4n) is 1.99. The number of halogens is 1. The first-order chi connectivity index (χ1) is 10.8. The predicted molar refractivity (Wildman–Crippen MR) is 82.0 cm³/mol. The first-order valence-corrected chi connectivity index (χ1v) is 7.53. The maximum atomic E-state index is 13.8. The lowest BCUT2D eigenvalue weighted by molar-refractivity contribution is 0.617. The molecule has 0 spiro atoms. The summed E-state index contributed by atoms with van der Waals surface area (Å²) in [6.07, 6.45) is 1.62. The van der Waals surface area contributed by atoms with Crippen LogP contribution >= 0.6 is 11.8 Å². The summed E-state index contributed by atoms with van der Waals surface area (Å²) >= 11 is 1.37. The van der Waals surface area contributed by atoms with Crippen molar-refractivity contribution in [3.63, 3.8) is 0 Å². The molecule has 4 nitrogen and oxygen atoms in total. The van der Waals surface area contributed by atoms with Crippen LogP contribution in [-0.4, -0.2) is 14.8 Å². The van der Waals surface area contributed by atoms with E-state index in [0.717, 1.165) is 5.69 Å². The lowest BCUT2D eigenvalue weighted by Gasteiger charge is -2.06. The normalized spacial score (nSPS) is 10.4. The third-order valence-corrected chi connectivity index (χ3v) is 4.07. The Bertz CT molecular complexity index is 824. The molecule has 108 valence electrons. The second-order valence-corrected chi connectivity index (χ2v) is 5.47. The van der Waals surface area contributed by atoms with Crippen LogP contribution in [-0.2, 0) is 5.75 Å². The van der Waals surface area contributed by atoms with Crippen LogP contribution in [0.15, 0.2) is 60.0 Å². The van der Waals surface area contributed by atoms with Gasteiger partial charge in [-0.15, -0.1) is 10.2 Å². The number of rotatable bonds is 4. The number of benzene rings is 2. The first kappa shape index (κ1) is 14.3. The number of hydrogen-bond donors (Lipinski definition) is 0. The Balaban J connectivity index is 1.81. The summed E-state index contributed by atoms with van der Waals surface area (Å²) in [5, 5.41) is 17.5. The molecule has 3 aromatic rings. The summed E-state index contributed by atoms with van der Waals surface area (Å²) in [7, 11) is 0. The SMILES string of the molecule is N#Cc1ccc(F)c(CSc2nncn2-c2ccccc2)c1. The third kappa shape index (κ3) is 3.00. The molecule has 0 bridgehead atoms. The average molecular weight is 310 g/mol. The Kier molecular flexibility index (Phi) is 4.17. The molecule has 3 rings (SSSR count). The standard InChI is InChI=1S/C16H11FN4S/c17-15-7-6-12(9-18)8-13(15)10-22-16-20-19-11-21(16)14-4-2-1-3-5-14/h1-8,11H,10H2. The molecule has 1 aromatic heterocycles. The number of hydrogen-bond acceptors (Lipinski definition) is 4. The summed E-state index contributed by atoms with van der Waals surface area (Å²) in [6.45, 7) is 0. The molecule has 2 aromatic carbocycles. The molecule has 0 unspecified atom stereocenters. The lowest BCUT2D eigenvalue weighted by atomic mass is 10.1. The van der Waals surface area contributed by atoms with E-state index >= 15 is 0 Å². The molecule has 0 aliphatic rings. The zero-order chi connectivity index (χ0) is 15.4. The van der Waals surface area contributed by atoms with Crippen LogP contribution in [0, 0.1) is 17.1 Å². The quantitative estimate of drug-likeness (QED) is 0.691. The van der Waals surface area contributed by atoms with Gasteiger partial charge in [0, 0.05) is 11.4 Å². The summed E-state index contributed by atoms with van der Waals surface area (Å²) in [6, 6.07) is 16.1. The first-order valence-electron chi connectivity index (χ1n) is 6.54. The monoisotopic (exact) mass is 310 g/mol. The van der Waals surface area contributed by atoms with Crippen molar-refractivity contribution in [2.75, 3.05) is 0 Å². The van der Waals surface area contributed by atoms with Gasteiger partial charge >= 0.3 is 0 Å². The molecule has 0 aliphatic carbocycles. The molecule has 0 aliphatic heterocycles. The predicted octanol–water partition coefficient (Wildman–Crippen LogP) is 3.57. The highest BCUT2D eigenvalue weighted by Gasteiger charge is 2.10. The van der Waals surface area contributed by atoms with Crippen molar-refractivity contribution in [3.05, 3.63) is 71.8 Å². The van der Waals surface area contributed by atoms with E-state index in [9.17, 15) is 4.39 Å². The lowest BCUT2D eigenvalue weighted by Crippen LogP contribution is -1.96. The van der Waals surface area contributed by atoms with E-state index in [1.807, 2.05) is 41.0 Å². The van der Waals surface area contributed by atoms with Crippen LogP contribution in [0.1, 0.15) is 11.1 Å². The Morgan fingerprint density at radius 1 is 1.18 bits per heavy atom. The molecule has 0 saturated heterocycles. The number of aromatic nitrogens is 3. The molecular formula is C16H11FN4S. The highest BCUT2D eigenvalue weighted by atomic mass is 32.2. The summed E-state index contributed by atoms with van der Waals surface area (Å²) in [5.74, 6) is 0.0599. The molecule has 0 radical (unpaired) electrons. The molecule has 6 heteroatoms. The van der Waals surface area contributed by atoms with Crippen molar-refractivity contribution in [1.29, 1.82) is 5.26 Å². The molecule has 0 saturated carbocycles. The maximum Gasteiger partial charge on any atom is 0.195 e. The highest BCUT2D eigenvalue weighted by molar-refractivity contribution is 7.98. The van der Waals surface area contributed by atoms with Gasteiger partial charge in [-0.3, -0.25) is 4.57 Å². The topological polar surface area (TPSA) is 54.5 Å². The van der Waals surface area contributed by atoms with Crippen molar-refractivity contribution in [1.82, 2.24) is 14.8 Å². The fourth-order valence-corrected chi connectivity index (χ4v) is 2.89. The van der Waals surface area contributed by atoms with Crippen LogP contribution in [0.25, 0.3) is 5.69 Å². The van der Waals surface area contributed by atoms with Gasteiger partial charge in [0.25, 0.3) is 0 Å². The highest BCUT2D eigenvalue weighted by Crippen LogP contribution is 2.25. The van der Waals surface area contributed by atoms with Gasteiger partial charge in [0.2, 0.25) is 0 Å². The third-order valence-electron chi connectivity index (χ3n) is 3.08. The second kappa shape index (κ2) is 6.41. The molecular weight excluding hydrogens is 299 g/mol.